The molecular formula is C22H21N5O3. The number of hydrogen-bond donors (Lipinski definition) is 1. The van der Waals surface area contributed by atoms with E-state index in [9.17, 15) is 14.4 Å². The minimum atomic E-state index is -0.302. The number of amides is 3. The van der Waals surface area contributed by atoms with Gasteiger partial charge in [0.05, 0.1) is 23.7 Å². The predicted molar refractivity (Wildman–Crippen MR) is 108 cm³/mol. The molecule has 0 spiro atoms. The third-order valence-corrected chi connectivity index (χ3v) is 5.04. The summed E-state index contributed by atoms with van der Waals surface area (Å²) in [7, 11) is 0. The Hall–Kier alpha value is -3.81. The lowest BCUT2D eigenvalue weighted by atomic mass is 10.1. The normalized spacial score (nSPS) is 13.9. The molecule has 0 radical (unpaired) electrons. The lowest BCUT2D eigenvalue weighted by Crippen LogP contribution is -2.34. The molecule has 30 heavy (non-hydrogen) atoms. The minimum Gasteiger partial charge on any atom is -0.347 e. The molecule has 0 saturated heterocycles. The lowest BCUT2D eigenvalue weighted by Gasteiger charge is -2.20. The van der Waals surface area contributed by atoms with Crippen molar-refractivity contribution in [3.8, 4) is 0 Å². The van der Waals surface area contributed by atoms with E-state index >= 15 is 0 Å². The molecule has 8 heteroatoms. The fourth-order valence-corrected chi connectivity index (χ4v) is 3.54. The SMILES string of the molecule is O=C(CCCN1C(=O)c2ccccc2C1=O)NC(Cn1cncn1)c1ccccc1. The van der Waals surface area contributed by atoms with E-state index in [0.717, 1.165) is 5.56 Å². The van der Waals surface area contributed by atoms with Crippen molar-refractivity contribution in [2.24, 2.45) is 0 Å². The van der Waals surface area contributed by atoms with Crippen LogP contribution in [0.2, 0.25) is 0 Å². The zero-order valence-corrected chi connectivity index (χ0v) is 16.3. The molecule has 0 aliphatic carbocycles. The Balaban J connectivity index is 1.34. The van der Waals surface area contributed by atoms with Crippen LogP contribution in [0.25, 0.3) is 0 Å². The standard InChI is InChI=1S/C22H21N5O3/c28-20(11-6-12-27-21(29)17-9-4-5-10-18(17)22(27)30)25-19(13-26-15-23-14-24-26)16-7-2-1-3-8-16/h1-5,7-10,14-15,19H,6,11-13H2,(H,25,28). The first-order valence-corrected chi connectivity index (χ1v) is 9.75. The predicted octanol–water partition coefficient (Wildman–Crippen LogP) is 2.21. The van der Waals surface area contributed by atoms with Crippen LogP contribution in [0.1, 0.15) is 45.2 Å². The molecule has 8 nitrogen and oxygen atoms in total. The number of aromatic nitrogens is 3. The maximum absolute atomic E-state index is 12.6. The fraction of sp³-hybridized carbons (Fsp3) is 0.227. The first kappa shape index (κ1) is 19.5. The van der Waals surface area contributed by atoms with Gasteiger partial charge in [-0.25, -0.2) is 4.98 Å². The third kappa shape index (κ3) is 4.12. The van der Waals surface area contributed by atoms with E-state index in [1.54, 1.807) is 35.3 Å². The molecule has 3 amide bonds. The van der Waals surface area contributed by atoms with Crippen LogP contribution in [0.4, 0.5) is 0 Å². The summed E-state index contributed by atoms with van der Waals surface area (Å²) in [5, 5.41) is 7.13. The van der Waals surface area contributed by atoms with E-state index in [1.165, 1.54) is 11.2 Å². The van der Waals surface area contributed by atoms with Gasteiger partial charge in [0.15, 0.2) is 0 Å². The van der Waals surface area contributed by atoms with Crippen molar-refractivity contribution in [2.75, 3.05) is 6.54 Å². The summed E-state index contributed by atoms with van der Waals surface area (Å²) < 4.78 is 1.66. The first-order valence-electron chi connectivity index (χ1n) is 9.75. The molecule has 2 heterocycles. The quantitative estimate of drug-likeness (QED) is 0.582. The third-order valence-electron chi connectivity index (χ3n) is 5.04. The van der Waals surface area contributed by atoms with Gasteiger partial charge in [0, 0.05) is 13.0 Å². The van der Waals surface area contributed by atoms with Gasteiger partial charge in [-0.3, -0.25) is 24.0 Å². The van der Waals surface area contributed by atoms with Crippen LogP contribution in [0, 0.1) is 0 Å². The Bertz CT molecular complexity index is 1010. The van der Waals surface area contributed by atoms with Gasteiger partial charge in [-0.2, -0.15) is 5.10 Å². The molecule has 1 atom stereocenters. The highest BCUT2D eigenvalue weighted by atomic mass is 16.2. The van der Waals surface area contributed by atoms with Crippen molar-refractivity contribution in [3.63, 3.8) is 0 Å². The maximum atomic E-state index is 12.6. The van der Waals surface area contributed by atoms with Crippen molar-refractivity contribution in [1.82, 2.24) is 25.0 Å². The van der Waals surface area contributed by atoms with Gasteiger partial charge >= 0.3 is 0 Å². The highest BCUT2D eigenvalue weighted by molar-refractivity contribution is 6.21. The van der Waals surface area contributed by atoms with Gasteiger partial charge in [-0.15, -0.1) is 0 Å². The van der Waals surface area contributed by atoms with Gasteiger partial charge < -0.3 is 5.32 Å². The average Bonchev–Trinajstić information content (AvgIpc) is 3.37. The second-order valence-corrected chi connectivity index (χ2v) is 7.06. The summed E-state index contributed by atoms with van der Waals surface area (Å²) in [5.74, 6) is -0.755. The summed E-state index contributed by atoms with van der Waals surface area (Å²) in [6.07, 6.45) is 3.65. The Morgan fingerprint density at radius 3 is 2.27 bits per heavy atom. The van der Waals surface area contributed by atoms with Crippen molar-refractivity contribution in [2.45, 2.75) is 25.4 Å². The molecule has 3 aromatic rings. The Labute approximate surface area is 173 Å². The smallest absolute Gasteiger partial charge is 0.261 e. The van der Waals surface area contributed by atoms with E-state index < -0.39 is 0 Å². The van der Waals surface area contributed by atoms with E-state index in [4.69, 9.17) is 0 Å². The Morgan fingerprint density at radius 1 is 0.967 bits per heavy atom. The summed E-state index contributed by atoms with van der Waals surface area (Å²) in [6, 6.07) is 16.1. The molecule has 0 bridgehead atoms. The zero-order valence-electron chi connectivity index (χ0n) is 16.3. The van der Waals surface area contributed by atoms with Gasteiger partial charge in [-0.05, 0) is 24.1 Å². The number of benzene rings is 2. The molecule has 1 aromatic heterocycles. The average molecular weight is 403 g/mol. The largest absolute Gasteiger partial charge is 0.347 e. The van der Waals surface area contributed by atoms with Gasteiger partial charge in [0.25, 0.3) is 11.8 Å². The number of rotatable bonds is 8. The van der Waals surface area contributed by atoms with E-state index in [2.05, 4.69) is 15.4 Å². The Kier molecular flexibility index (Phi) is 5.65. The van der Waals surface area contributed by atoms with E-state index in [0.29, 0.717) is 24.1 Å². The van der Waals surface area contributed by atoms with Crippen molar-refractivity contribution in [1.29, 1.82) is 0 Å². The molecule has 1 unspecified atom stereocenters. The molecule has 4 rings (SSSR count). The van der Waals surface area contributed by atoms with Crippen molar-refractivity contribution in [3.05, 3.63) is 83.9 Å². The van der Waals surface area contributed by atoms with Crippen LogP contribution < -0.4 is 5.32 Å². The zero-order chi connectivity index (χ0) is 20.9. The van der Waals surface area contributed by atoms with Crippen LogP contribution in [0.3, 0.4) is 0 Å². The highest BCUT2D eigenvalue weighted by Gasteiger charge is 2.34. The monoisotopic (exact) mass is 403 g/mol. The molecule has 1 N–H and O–H groups in total. The van der Waals surface area contributed by atoms with E-state index in [-0.39, 0.29) is 36.7 Å². The van der Waals surface area contributed by atoms with Crippen LogP contribution >= 0.6 is 0 Å². The number of imide groups is 1. The number of fused-ring (bicyclic) bond motifs is 1. The second kappa shape index (κ2) is 8.69. The fourth-order valence-electron chi connectivity index (χ4n) is 3.54. The van der Waals surface area contributed by atoms with E-state index in [1.807, 2.05) is 30.3 Å². The Morgan fingerprint density at radius 2 is 1.63 bits per heavy atom. The first-order chi connectivity index (χ1) is 14.6. The molecule has 152 valence electrons. The van der Waals surface area contributed by atoms with Crippen LogP contribution in [0.5, 0.6) is 0 Å². The van der Waals surface area contributed by atoms with Crippen molar-refractivity contribution < 1.29 is 14.4 Å². The summed E-state index contributed by atoms with van der Waals surface area (Å²) in [6.45, 7) is 0.660. The molecule has 1 aliphatic heterocycles. The second-order valence-electron chi connectivity index (χ2n) is 7.06. The van der Waals surface area contributed by atoms with Crippen LogP contribution in [0.15, 0.2) is 67.3 Å². The molecular weight excluding hydrogens is 382 g/mol. The highest BCUT2D eigenvalue weighted by Crippen LogP contribution is 2.22. The molecule has 2 aromatic carbocycles. The minimum absolute atomic E-state index is 0.152. The topological polar surface area (TPSA) is 97.2 Å². The summed E-state index contributed by atoms with van der Waals surface area (Å²) >= 11 is 0. The number of carbonyl (C=O) groups excluding carboxylic acids is 3. The van der Waals surface area contributed by atoms with Gasteiger partial charge in [0.1, 0.15) is 12.7 Å². The maximum Gasteiger partial charge on any atom is 0.261 e. The van der Waals surface area contributed by atoms with Crippen LogP contribution in [-0.4, -0.2) is 43.9 Å². The van der Waals surface area contributed by atoms with Gasteiger partial charge in [-0.1, -0.05) is 42.5 Å². The van der Waals surface area contributed by atoms with Crippen LogP contribution in [-0.2, 0) is 11.3 Å². The number of nitrogens with one attached hydrogen (secondary N) is 1. The van der Waals surface area contributed by atoms with Gasteiger partial charge in [0.2, 0.25) is 5.91 Å². The molecule has 0 saturated carbocycles. The number of nitrogens with zero attached hydrogens (tertiary/aromatic N) is 4. The number of hydrogen-bond acceptors (Lipinski definition) is 5. The summed E-state index contributed by atoms with van der Waals surface area (Å²) in [4.78, 5) is 42.5. The summed E-state index contributed by atoms with van der Waals surface area (Å²) in [5.41, 5.74) is 1.80. The number of carbonyl (C=O) groups is 3. The molecule has 0 fully saturated rings. The van der Waals surface area contributed by atoms with Crippen molar-refractivity contribution >= 4 is 17.7 Å². The lowest BCUT2D eigenvalue weighted by molar-refractivity contribution is -0.122. The molecule has 1 aliphatic rings.